The van der Waals surface area contributed by atoms with Crippen LogP contribution in [-0.4, -0.2) is 11.8 Å². The van der Waals surface area contributed by atoms with E-state index < -0.39 is 0 Å². The first-order chi connectivity index (χ1) is 11.6. The molecule has 1 saturated heterocycles. The van der Waals surface area contributed by atoms with E-state index in [0.29, 0.717) is 11.8 Å². The van der Waals surface area contributed by atoms with Gasteiger partial charge in [-0.05, 0) is 55.1 Å². The molecule has 1 aliphatic heterocycles. The number of hydrogen-bond donors (Lipinski definition) is 0. The molecule has 2 fully saturated rings. The summed E-state index contributed by atoms with van der Waals surface area (Å²) < 4.78 is 0. The lowest BCUT2D eigenvalue weighted by atomic mass is 9.62. The first kappa shape index (κ1) is 14.4. The van der Waals surface area contributed by atoms with Crippen LogP contribution in [0.25, 0.3) is 0 Å². The minimum absolute atomic E-state index is 0.0184. The monoisotopic (exact) mass is 321 g/mol. The van der Waals surface area contributed by atoms with E-state index in [1.165, 1.54) is 24.2 Å². The number of imide groups is 1. The number of rotatable bonds is 1. The Labute approximate surface area is 142 Å². The molecule has 0 N–H and O–H groups in total. The fraction of sp³-hybridized carbons (Fsp3) is 0.524. The molecule has 1 saturated carbocycles. The van der Waals surface area contributed by atoms with Crippen molar-refractivity contribution in [1.82, 2.24) is 0 Å². The standard InChI is InChI=1S/C21H23NO2/c1-11-16-13-8-9-14(10-13)17(16)12(2)19-18(11)20(23)22(21(19)24)15-6-4-3-5-7-15/h3-7,11-14,18-19H,8-10H2,1-2H3. The molecule has 0 spiro atoms. The maximum atomic E-state index is 13.2. The third-order valence-electron chi connectivity index (χ3n) is 7.12. The molecule has 2 bridgehead atoms. The summed E-state index contributed by atoms with van der Waals surface area (Å²) in [6.45, 7) is 4.39. The van der Waals surface area contributed by atoms with Crippen LogP contribution < -0.4 is 4.90 Å². The molecule has 1 heterocycles. The Hall–Kier alpha value is -1.90. The second kappa shape index (κ2) is 4.81. The number of hydrogen-bond acceptors (Lipinski definition) is 2. The largest absolute Gasteiger partial charge is 0.274 e. The summed E-state index contributed by atoms with van der Waals surface area (Å²) in [6, 6.07) is 9.44. The van der Waals surface area contributed by atoms with E-state index in [4.69, 9.17) is 0 Å². The summed E-state index contributed by atoms with van der Waals surface area (Å²) >= 11 is 0. The van der Waals surface area contributed by atoms with E-state index in [2.05, 4.69) is 13.8 Å². The van der Waals surface area contributed by atoms with Crippen molar-refractivity contribution in [2.75, 3.05) is 4.90 Å². The van der Waals surface area contributed by atoms with Gasteiger partial charge >= 0.3 is 0 Å². The zero-order valence-electron chi connectivity index (χ0n) is 14.2. The van der Waals surface area contributed by atoms with Crippen LogP contribution in [0.5, 0.6) is 0 Å². The molecular formula is C21H23NO2. The van der Waals surface area contributed by atoms with Crippen molar-refractivity contribution >= 4 is 17.5 Å². The van der Waals surface area contributed by atoms with Gasteiger partial charge in [-0.25, -0.2) is 0 Å². The fourth-order valence-electron chi connectivity index (χ4n) is 6.27. The molecule has 1 aromatic carbocycles. The van der Waals surface area contributed by atoms with Crippen LogP contribution in [0, 0.1) is 35.5 Å². The van der Waals surface area contributed by atoms with Gasteiger partial charge in [-0.3, -0.25) is 14.5 Å². The average Bonchev–Trinajstić information content (AvgIpc) is 3.26. The van der Waals surface area contributed by atoms with Crippen LogP contribution in [0.2, 0.25) is 0 Å². The lowest BCUT2D eigenvalue weighted by Gasteiger charge is -2.39. The Morgan fingerprint density at radius 3 is 1.83 bits per heavy atom. The first-order valence-electron chi connectivity index (χ1n) is 9.26. The van der Waals surface area contributed by atoms with Gasteiger partial charge in [0.25, 0.3) is 0 Å². The molecule has 124 valence electrons. The Morgan fingerprint density at radius 2 is 1.33 bits per heavy atom. The SMILES string of the molecule is CC1C2=C(C3CCC2C3)C(C)C2C(=O)N(c3ccccc3)C(=O)C12. The Balaban J connectivity index is 1.60. The van der Waals surface area contributed by atoms with Gasteiger partial charge in [0.15, 0.2) is 0 Å². The quantitative estimate of drug-likeness (QED) is 0.583. The van der Waals surface area contributed by atoms with Crippen molar-refractivity contribution in [2.45, 2.75) is 33.1 Å². The number of carbonyl (C=O) groups is 2. The highest BCUT2D eigenvalue weighted by Gasteiger charge is 2.59. The van der Waals surface area contributed by atoms with E-state index in [0.717, 1.165) is 5.69 Å². The van der Waals surface area contributed by atoms with Crippen LogP contribution >= 0.6 is 0 Å². The summed E-state index contributed by atoms with van der Waals surface area (Å²) in [4.78, 5) is 27.8. The Morgan fingerprint density at radius 1 is 0.833 bits per heavy atom. The minimum Gasteiger partial charge on any atom is -0.274 e. The van der Waals surface area contributed by atoms with Gasteiger partial charge in [-0.2, -0.15) is 0 Å². The minimum atomic E-state index is -0.161. The molecule has 5 rings (SSSR count). The van der Waals surface area contributed by atoms with Crippen LogP contribution in [0.1, 0.15) is 33.1 Å². The van der Waals surface area contributed by atoms with Crippen molar-refractivity contribution in [1.29, 1.82) is 0 Å². The summed E-state index contributed by atoms with van der Waals surface area (Å²) in [5.74, 6) is 1.52. The number of benzene rings is 1. The predicted molar refractivity (Wildman–Crippen MR) is 92.1 cm³/mol. The maximum absolute atomic E-state index is 13.2. The highest BCUT2D eigenvalue weighted by atomic mass is 16.2. The van der Waals surface area contributed by atoms with Crippen LogP contribution in [0.3, 0.4) is 0 Å². The van der Waals surface area contributed by atoms with Crippen molar-refractivity contribution in [3.63, 3.8) is 0 Å². The second-order valence-electron chi connectivity index (χ2n) is 8.09. The van der Waals surface area contributed by atoms with Gasteiger partial charge in [-0.15, -0.1) is 0 Å². The van der Waals surface area contributed by atoms with E-state index in [9.17, 15) is 9.59 Å². The van der Waals surface area contributed by atoms with Crippen LogP contribution in [0.15, 0.2) is 41.5 Å². The van der Waals surface area contributed by atoms with E-state index in [1.807, 2.05) is 30.3 Å². The molecule has 4 aliphatic rings. The van der Waals surface area contributed by atoms with Crippen molar-refractivity contribution in [2.24, 2.45) is 35.5 Å². The smallest absolute Gasteiger partial charge is 0.238 e. The fourth-order valence-corrected chi connectivity index (χ4v) is 6.27. The number of anilines is 1. The number of allylic oxidation sites excluding steroid dienone is 2. The number of para-hydroxylation sites is 1. The van der Waals surface area contributed by atoms with Gasteiger partial charge in [0.2, 0.25) is 11.8 Å². The molecule has 24 heavy (non-hydrogen) atoms. The highest BCUT2D eigenvalue weighted by molar-refractivity contribution is 6.22. The van der Waals surface area contributed by atoms with Crippen LogP contribution in [-0.2, 0) is 9.59 Å². The topological polar surface area (TPSA) is 37.4 Å². The third-order valence-corrected chi connectivity index (χ3v) is 7.12. The van der Waals surface area contributed by atoms with E-state index >= 15 is 0 Å². The summed E-state index contributed by atoms with van der Waals surface area (Å²) in [6.07, 6.45) is 3.83. The van der Waals surface area contributed by atoms with Gasteiger partial charge in [0.05, 0.1) is 17.5 Å². The lowest BCUT2D eigenvalue weighted by molar-refractivity contribution is -0.122. The number of amides is 2. The Kier molecular flexibility index (Phi) is 2.89. The molecule has 2 amide bonds. The van der Waals surface area contributed by atoms with E-state index in [1.54, 1.807) is 11.1 Å². The molecule has 3 nitrogen and oxygen atoms in total. The van der Waals surface area contributed by atoms with Crippen molar-refractivity contribution < 1.29 is 9.59 Å². The third kappa shape index (κ3) is 1.63. The zero-order chi connectivity index (χ0) is 16.6. The highest BCUT2D eigenvalue weighted by Crippen LogP contribution is 2.61. The van der Waals surface area contributed by atoms with Gasteiger partial charge < -0.3 is 0 Å². The molecule has 3 aliphatic carbocycles. The maximum Gasteiger partial charge on any atom is 0.238 e. The zero-order valence-corrected chi connectivity index (χ0v) is 14.2. The van der Waals surface area contributed by atoms with E-state index in [-0.39, 0.29) is 35.5 Å². The molecule has 1 aromatic rings. The first-order valence-corrected chi connectivity index (χ1v) is 9.26. The molecule has 6 unspecified atom stereocenters. The second-order valence-corrected chi connectivity index (χ2v) is 8.09. The number of carbonyl (C=O) groups excluding carboxylic acids is 2. The molecular weight excluding hydrogens is 298 g/mol. The lowest BCUT2D eigenvalue weighted by Crippen LogP contribution is -2.38. The van der Waals surface area contributed by atoms with Crippen molar-refractivity contribution in [3.05, 3.63) is 41.5 Å². The van der Waals surface area contributed by atoms with Crippen LogP contribution in [0.4, 0.5) is 5.69 Å². The molecule has 6 atom stereocenters. The molecule has 0 aromatic heterocycles. The molecule has 3 heteroatoms. The number of nitrogens with zero attached hydrogens (tertiary/aromatic N) is 1. The van der Waals surface area contributed by atoms with Crippen molar-refractivity contribution in [3.8, 4) is 0 Å². The summed E-state index contributed by atoms with van der Waals surface area (Å²) in [5, 5.41) is 0. The Bertz CT molecular complexity index is 721. The molecule has 0 radical (unpaired) electrons. The van der Waals surface area contributed by atoms with Gasteiger partial charge in [-0.1, -0.05) is 43.2 Å². The average molecular weight is 321 g/mol. The summed E-state index contributed by atoms with van der Waals surface area (Å²) in [7, 11) is 0. The predicted octanol–water partition coefficient (Wildman–Crippen LogP) is 3.80. The summed E-state index contributed by atoms with van der Waals surface area (Å²) in [5.41, 5.74) is 3.83. The number of fused-ring (bicyclic) bond motifs is 5. The normalized spacial score (nSPS) is 40.3. The van der Waals surface area contributed by atoms with Gasteiger partial charge in [0.1, 0.15) is 0 Å². The van der Waals surface area contributed by atoms with Gasteiger partial charge in [0, 0.05) is 0 Å².